The minimum absolute atomic E-state index is 0.120. The van der Waals surface area contributed by atoms with E-state index in [2.05, 4.69) is 6.92 Å². The summed E-state index contributed by atoms with van der Waals surface area (Å²) in [5, 5.41) is 28.4. The number of unbranched alkanes of at least 4 members (excludes halogenated alkanes) is 2. The molecule has 5 nitrogen and oxygen atoms in total. The Labute approximate surface area is 192 Å². The van der Waals surface area contributed by atoms with Crippen molar-refractivity contribution < 1.29 is 29.2 Å². The maximum absolute atomic E-state index is 14.8. The van der Waals surface area contributed by atoms with E-state index < -0.39 is 18.4 Å². The molecule has 3 aromatic rings. The zero-order chi connectivity index (χ0) is 23.8. The lowest BCUT2D eigenvalue weighted by molar-refractivity contribution is -0.139. The van der Waals surface area contributed by atoms with Crippen LogP contribution in [0.5, 0.6) is 17.2 Å². The molecule has 0 saturated heterocycles. The molecule has 0 aliphatic carbocycles. The maximum Gasteiger partial charge on any atom is 0.341 e. The van der Waals surface area contributed by atoms with Crippen LogP contribution in [0.25, 0.3) is 11.1 Å². The number of carboxylic acids is 1. The first-order valence-electron chi connectivity index (χ1n) is 10.9. The smallest absolute Gasteiger partial charge is 0.341 e. The molecule has 0 aliphatic rings. The summed E-state index contributed by atoms with van der Waals surface area (Å²) in [7, 11) is 0. The molecule has 0 atom stereocenters. The number of phenolic OH excluding ortho intramolecular Hbond substituents is 2. The molecule has 33 heavy (non-hydrogen) atoms. The van der Waals surface area contributed by atoms with Crippen molar-refractivity contribution in [3.05, 3.63) is 89.2 Å². The van der Waals surface area contributed by atoms with Gasteiger partial charge in [-0.05, 0) is 77.1 Å². The normalized spacial score (nSPS) is 10.6. The Morgan fingerprint density at radius 3 is 1.88 bits per heavy atom. The third kappa shape index (κ3) is 6.35. The lowest BCUT2D eigenvalue weighted by Gasteiger charge is -2.18. The zero-order valence-corrected chi connectivity index (χ0v) is 18.4. The number of hydrogen-bond acceptors (Lipinski definition) is 4. The van der Waals surface area contributed by atoms with Gasteiger partial charge in [0.1, 0.15) is 11.5 Å². The molecule has 3 N–H and O–H groups in total. The van der Waals surface area contributed by atoms with Crippen molar-refractivity contribution in [2.75, 3.05) is 6.61 Å². The summed E-state index contributed by atoms with van der Waals surface area (Å²) in [5.74, 6) is -1.66. The second kappa shape index (κ2) is 11.2. The van der Waals surface area contributed by atoms with Crippen LogP contribution in [0.3, 0.4) is 0 Å². The highest BCUT2D eigenvalue weighted by atomic mass is 19.1. The van der Waals surface area contributed by atoms with E-state index in [1.807, 2.05) is 0 Å². The molecule has 0 unspecified atom stereocenters. The van der Waals surface area contributed by atoms with Crippen LogP contribution in [-0.2, 0) is 4.79 Å². The van der Waals surface area contributed by atoms with Crippen LogP contribution in [0.2, 0.25) is 0 Å². The first-order valence-corrected chi connectivity index (χ1v) is 10.9. The van der Waals surface area contributed by atoms with Gasteiger partial charge in [-0.25, -0.2) is 9.18 Å². The summed E-state index contributed by atoms with van der Waals surface area (Å²) in [5.41, 5.74) is 4.11. The number of benzene rings is 3. The molecular formula is C27H27FO5. The van der Waals surface area contributed by atoms with Crippen LogP contribution in [0, 0.1) is 5.82 Å². The van der Waals surface area contributed by atoms with Crippen LogP contribution in [0.15, 0.2) is 66.7 Å². The molecule has 3 rings (SSSR count). The number of rotatable bonds is 10. The lowest BCUT2D eigenvalue weighted by atomic mass is 9.86. The quantitative estimate of drug-likeness (QED) is 0.251. The van der Waals surface area contributed by atoms with Crippen molar-refractivity contribution in [3.63, 3.8) is 0 Å². The van der Waals surface area contributed by atoms with Crippen molar-refractivity contribution >= 4 is 17.1 Å². The highest BCUT2D eigenvalue weighted by molar-refractivity contribution is 5.98. The monoisotopic (exact) mass is 450 g/mol. The zero-order valence-electron chi connectivity index (χ0n) is 18.4. The summed E-state index contributed by atoms with van der Waals surface area (Å²) >= 11 is 0. The Morgan fingerprint density at radius 1 is 0.848 bits per heavy atom. The second-order valence-corrected chi connectivity index (χ2v) is 7.73. The minimum atomic E-state index is -1.18. The van der Waals surface area contributed by atoms with Gasteiger partial charge in [0.15, 0.2) is 18.2 Å². The number of carbonyl (C=O) groups is 1. The fourth-order valence-corrected chi connectivity index (χ4v) is 3.68. The van der Waals surface area contributed by atoms with E-state index >= 15 is 0 Å². The number of hydrogen-bond donors (Lipinski definition) is 3. The average Bonchev–Trinajstić information content (AvgIpc) is 2.79. The number of halogens is 1. The Kier molecular flexibility index (Phi) is 8.08. The first-order chi connectivity index (χ1) is 15.9. The van der Waals surface area contributed by atoms with Crippen molar-refractivity contribution in [2.24, 2.45) is 0 Å². The summed E-state index contributed by atoms with van der Waals surface area (Å²) in [6, 6.07) is 18.1. The third-order valence-electron chi connectivity index (χ3n) is 5.28. The van der Waals surface area contributed by atoms with Crippen molar-refractivity contribution in [1.82, 2.24) is 0 Å². The Bertz CT molecular complexity index is 1070. The molecule has 0 radical (unpaired) electrons. The van der Waals surface area contributed by atoms with Gasteiger partial charge in [0.05, 0.1) is 0 Å². The van der Waals surface area contributed by atoms with Crippen LogP contribution in [0.1, 0.15) is 49.3 Å². The Morgan fingerprint density at radius 2 is 1.39 bits per heavy atom. The number of phenols is 2. The fourth-order valence-electron chi connectivity index (χ4n) is 3.68. The topological polar surface area (TPSA) is 87.0 Å². The summed E-state index contributed by atoms with van der Waals surface area (Å²) < 4.78 is 19.9. The third-order valence-corrected chi connectivity index (χ3v) is 5.28. The van der Waals surface area contributed by atoms with Crippen LogP contribution in [0.4, 0.5) is 4.39 Å². The summed E-state index contributed by atoms with van der Waals surface area (Å²) in [6.45, 7) is 1.49. The average molecular weight is 451 g/mol. The van der Waals surface area contributed by atoms with Gasteiger partial charge in [0.2, 0.25) is 0 Å². The van der Waals surface area contributed by atoms with E-state index in [0.29, 0.717) is 12.0 Å². The van der Waals surface area contributed by atoms with Gasteiger partial charge in [0, 0.05) is 0 Å². The number of allylic oxidation sites excluding steroid dienone is 1. The Balaban J connectivity index is 2.18. The number of aliphatic carboxylic acids is 1. The van der Waals surface area contributed by atoms with E-state index in [1.165, 1.54) is 12.1 Å². The van der Waals surface area contributed by atoms with E-state index in [4.69, 9.17) is 9.84 Å². The van der Waals surface area contributed by atoms with Crippen LogP contribution in [-0.4, -0.2) is 27.9 Å². The molecule has 0 bridgehead atoms. The van der Waals surface area contributed by atoms with Crippen molar-refractivity contribution in [1.29, 1.82) is 0 Å². The number of aromatic hydroxyl groups is 2. The molecule has 172 valence electrons. The van der Waals surface area contributed by atoms with Crippen molar-refractivity contribution in [2.45, 2.75) is 32.6 Å². The summed E-state index contributed by atoms with van der Waals surface area (Å²) in [6.07, 6.45) is 3.60. The molecular weight excluding hydrogens is 423 g/mol. The fraction of sp³-hybridized carbons (Fsp3) is 0.222. The lowest BCUT2D eigenvalue weighted by Crippen LogP contribution is -2.10. The molecule has 3 aromatic carbocycles. The first kappa shape index (κ1) is 23.9. The molecule has 6 heteroatoms. The van der Waals surface area contributed by atoms with Gasteiger partial charge < -0.3 is 20.1 Å². The molecule has 0 fully saturated rings. The highest BCUT2D eigenvalue weighted by Gasteiger charge is 2.17. The molecule has 0 amide bonds. The highest BCUT2D eigenvalue weighted by Crippen LogP contribution is 2.37. The molecule has 0 aliphatic heterocycles. The predicted molar refractivity (Wildman–Crippen MR) is 126 cm³/mol. The van der Waals surface area contributed by atoms with E-state index in [-0.39, 0.29) is 17.2 Å². The van der Waals surface area contributed by atoms with Gasteiger partial charge in [0.25, 0.3) is 0 Å². The molecule has 0 aromatic heterocycles. The SMILES string of the molecule is CCCCCC(=C(c1ccc(O)cc1)c1ccc(O)cc1)c1ccc(OCC(=O)O)c(F)c1. The van der Waals surface area contributed by atoms with Gasteiger partial charge >= 0.3 is 5.97 Å². The minimum Gasteiger partial charge on any atom is -0.508 e. The van der Waals surface area contributed by atoms with Crippen LogP contribution >= 0.6 is 0 Å². The van der Waals surface area contributed by atoms with Gasteiger partial charge in [-0.3, -0.25) is 0 Å². The largest absolute Gasteiger partial charge is 0.508 e. The maximum atomic E-state index is 14.8. The number of ether oxygens (including phenoxy) is 1. The Hall–Kier alpha value is -3.80. The van der Waals surface area contributed by atoms with Crippen molar-refractivity contribution in [3.8, 4) is 17.2 Å². The van der Waals surface area contributed by atoms with E-state index in [9.17, 15) is 19.4 Å². The standard InChI is InChI=1S/C27H27FO5/c1-2-3-4-5-23(20-10-15-25(24(28)16-20)33-17-26(31)32)27(18-6-11-21(29)12-7-18)19-8-13-22(30)14-9-19/h6-16,29-30H,2-5,17H2,1H3,(H,31,32). The second-order valence-electron chi connectivity index (χ2n) is 7.73. The number of carboxylic acid groups (broad SMARTS) is 1. The summed E-state index contributed by atoms with van der Waals surface area (Å²) in [4.78, 5) is 10.8. The predicted octanol–water partition coefficient (Wildman–Crippen LogP) is 6.24. The van der Waals surface area contributed by atoms with Gasteiger partial charge in [-0.1, -0.05) is 50.1 Å². The molecule has 0 heterocycles. The van der Waals surface area contributed by atoms with Gasteiger partial charge in [-0.2, -0.15) is 0 Å². The van der Waals surface area contributed by atoms with Gasteiger partial charge in [-0.15, -0.1) is 0 Å². The molecule has 0 saturated carbocycles. The molecule has 0 spiro atoms. The van der Waals surface area contributed by atoms with E-state index in [0.717, 1.165) is 41.5 Å². The van der Waals surface area contributed by atoms with E-state index in [1.54, 1.807) is 54.6 Å². The van der Waals surface area contributed by atoms with Crippen LogP contribution < -0.4 is 4.74 Å².